The van der Waals surface area contributed by atoms with E-state index in [2.05, 4.69) is 41.4 Å². The molecule has 18 heavy (non-hydrogen) atoms. The Hall–Kier alpha value is -0.450. The average molecular weight is 265 g/mol. The molecule has 0 aromatic carbocycles. The van der Waals surface area contributed by atoms with E-state index >= 15 is 0 Å². The van der Waals surface area contributed by atoms with Crippen LogP contribution in [0.15, 0.2) is 11.6 Å². The van der Waals surface area contributed by atoms with Gasteiger partial charge in [0.2, 0.25) is 0 Å². The zero-order chi connectivity index (χ0) is 12.8. The molecule has 0 radical (unpaired) electrons. The van der Waals surface area contributed by atoms with Crippen molar-refractivity contribution in [2.75, 3.05) is 13.1 Å². The van der Waals surface area contributed by atoms with Crippen LogP contribution in [0.5, 0.6) is 0 Å². The van der Waals surface area contributed by atoms with E-state index in [0.29, 0.717) is 5.54 Å². The van der Waals surface area contributed by atoms with Crippen molar-refractivity contribution in [1.29, 1.82) is 0 Å². The number of aromatic nitrogens is 1. The first-order valence-corrected chi connectivity index (χ1v) is 7.76. The average Bonchev–Trinajstić information content (AvgIpc) is 3.04. The van der Waals surface area contributed by atoms with Crippen LogP contribution < -0.4 is 5.32 Å². The van der Waals surface area contributed by atoms with Gasteiger partial charge in [0.05, 0.1) is 6.54 Å². The van der Waals surface area contributed by atoms with Crippen LogP contribution in [0.3, 0.4) is 0 Å². The molecule has 1 saturated carbocycles. The Labute approximate surface area is 114 Å². The largest absolute Gasteiger partial charge is 0.309 e. The molecule has 1 aliphatic carbocycles. The molecule has 1 N–H and O–H groups in total. The fraction of sp³-hybridized carbons (Fsp3) is 0.786. The molecule has 100 valence electrons. The Balaban J connectivity index is 1.80. The molecule has 0 amide bonds. The zero-order valence-corrected chi connectivity index (χ0v) is 12.4. The predicted octanol–water partition coefficient (Wildman–Crippen LogP) is 2.50. The lowest BCUT2D eigenvalue weighted by atomic mass is 9.86. The summed E-state index contributed by atoms with van der Waals surface area (Å²) in [5, 5.41) is 7.05. The third-order valence-corrected chi connectivity index (χ3v) is 5.26. The van der Waals surface area contributed by atoms with Crippen molar-refractivity contribution < 1.29 is 0 Å². The van der Waals surface area contributed by atoms with Crippen LogP contribution in [0.1, 0.15) is 38.6 Å². The van der Waals surface area contributed by atoms with Crippen LogP contribution in [-0.4, -0.2) is 34.1 Å². The molecule has 4 heteroatoms. The molecule has 0 bridgehead atoms. The van der Waals surface area contributed by atoms with E-state index < -0.39 is 0 Å². The van der Waals surface area contributed by atoms with Gasteiger partial charge in [-0.1, -0.05) is 0 Å². The summed E-state index contributed by atoms with van der Waals surface area (Å²) < 4.78 is 0. The second kappa shape index (κ2) is 4.29. The van der Waals surface area contributed by atoms with E-state index in [1.807, 2.05) is 6.20 Å². The van der Waals surface area contributed by atoms with Crippen molar-refractivity contribution in [3.05, 3.63) is 16.6 Å². The smallest absolute Gasteiger partial charge is 0.107 e. The molecule has 2 aliphatic rings. The lowest BCUT2D eigenvalue weighted by molar-refractivity contribution is 0.00516. The summed E-state index contributed by atoms with van der Waals surface area (Å²) in [5.41, 5.74) is 0.535. The van der Waals surface area contributed by atoms with E-state index in [1.54, 1.807) is 11.3 Å². The number of rotatable bonds is 3. The third kappa shape index (κ3) is 2.33. The summed E-state index contributed by atoms with van der Waals surface area (Å²) in [6.07, 6.45) is 4.71. The second-order valence-corrected chi connectivity index (χ2v) is 7.63. The number of hydrogen-bond donors (Lipinski definition) is 1. The van der Waals surface area contributed by atoms with E-state index in [0.717, 1.165) is 25.6 Å². The highest BCUT2D eigenvalue weighted by Gasteiger charge is 2.49. The van der Waals surface area contributed by atoms with Crippen LogP contribution in [0.2, 0.25) is 0 Å². The maximum absolute atomic E-state index is 4.46. The highest BCUT2D eigenvalue weighted by Crippen LogP contribution is 2.45. The normalized spacial score (nSPS) is 32.6. The van der Waals surface area contributed by atoms with E-state index in [1.165, 1.54) is 17.8 Å². The SMILES string of the molecule is CC1(C)CN(Cc2nccs2)C(C)(C2CC2)CN1. The molecule has 1 atom stereocenters. The van der Waals surface area contributed by atoms with Gasteiger partial charge in [0.1, 0.15) is 5.01 Å². The summed E-state index contributed by atoms with van der Waals surface area (Å²) in [5.74, 6) is 0.876. The maximum Gasteiger partial charge on any atom is 0.107 e. The molecule has 1 unspecified atom stereocenters. The molecule has 2 fully saturated rings. The number of piperazine rings is 1. The fourth-order valence-electron chi connectivity index (χ4n) is 3.08. The first kappa shape index (κ1) is 12.6. The fourth-order valence-corrected chi connectivity index (χ4v) is 3.71. The Morgan fingerprint density at radius 1 is 1.44 bits per heavy atom. The van der Waals surface area contributed by atoms with Crippen LogP contribution in [-0.2, 0) is 6.54 Å². The summed E-state index contributed by atoms with van der Waals surface area (Å²) in [6, 6.07) is 0. The van der Waals surface area contributed by atoms with Crippen molar-refractivity contribution in [3.8, 4) is 0 Å². The standard InChI is InChI=1S/C14H23N3S/c1-13(2)10-17(8-12-15-6-7-18-12)14(3,9-16-13)11-4-5-11/h6-7,11,16H,4-5,8-10H2,1-3H3. The van der Waals surface area contributed by atoms with Crippen LogP contribution in [0, 0.1) is 5.92 Å². The molecule has 3 rings (SSSR count). The van der Waals surface area contributed by atoms with Crippen molar-refractivity contribution >= 4 is 11.3 Å². The van der Waals surface area contributed by atoms with Crippen LogP contribution in [0.25, 0.3) is 0 Å². The van der Waals surface area contributed by atoms with Crippen molar-refractivity contribution in [2.24, 2.45) is 5.92 Å². The molecule has 3 nitrogen and oxygen atoms in total. The van der Waals surface area contributed by atoms with Crippen molar-refractivity contribution in [3.63, 3.8) is 0 Å². The third-order valence-electron chi connectivity index (χ3n) is 4.50. The minimum absolute atomic E-state index is 0.214. The lowest BCUT2D eigenvalue weighted by Crippen LogP contribution is -2.67. The minimum Gasteiger partial charge on any atom is -0.309 e. The minimum atomic E-state index is 0.214. The Morgan fingerprint density at radius 2 is 2.22 bits per heavy atom. The molecular weight excluding hydrogens is 242 g/mol. The molecule has 0 spiro atoms. The van der Waals surface area contributed by atoms with Crippen molar-refractivity contribution in [2.45, 2.75) is 51.2 Å². The molecule has 1 aromatic heterocycles. The number of nitrogens with one attached hydrogen (secondary N) is 1. The van der Waals surface area contributed by atoms with Gasteiger partial charge in [-0.2, -0.15) is 0 Å². The molecular formula is C14H23N3S. The number of hydrogen-bond acceptors (Lipinski definition) is 4. The van der Waals surface area contributed by atoms with Gasteiger partial charge in [-0.25, -0.2) is 4.98 Å². The predicted molar refractivity (Wildman–Crippen MR) is 75.7 cm³/mol. The molecule has 1 saturated heterocycles. The number of nitrogens with zero attached hydrogens (tertiary/aromatic N) is 2. The highest BCUT2D eigenvalue weighted by atomic mass is 32.1. The second-order valence-electron chi connectivity index (χ2n) is 6.65. The summed E-state index contributed by atoms with van der Waals surface area (Å²) in [4.78, 5) is 7.13. The summed E-state index contributed by atoms with van der Waals surface area (Å²) in [7, 11) is 0. The van der Waals surface area contributed by atoms with Gasteiger partial charge < -0.3 is 5.32 Å². The van der Waals surface area contributed by atoms with Gasteiger partial charge >= 0.3 is 0 Å². The maximum atomic E-state index is 4.46. The van der Waals surface area contributed by atoms with Crippen LogP contribution >= 0.6 is 11.3 Å². The molecule has 2 heterocycles. The van der Waals surface area contributed by atoms with E-state index in [4.69, 9.17) is 0 Å². The zero-order valence-electron chi connectivity index (χ0n) is 11.6. The highest BCUT2D eigenvalue weighted by molar-refractivity contribution is 7.09. The van der Waals surface area contributed by atoms with E-state index in [-0.39, 0.29) is 5.54 Å². The van der Waals surface area contributed by atoms with Crippen LogP contribution in [0.4, 0.5) is 0 Å². The molecule has 1 aromatic rings. The molecule has 1 aliphatic heterocycles. The first-order chi connectivity index (χ1) is 8.50. The van der Waals surface area contributed by atoms with Crippen molar-refractivity contribution in [1.82, 2.24) is 15.2 Å². The monoisotopic (exact) mass is 265 g/mol. The van der Waals surface area contributed by atoms with E-state index in [9.17, 15) is 0 Å². The Morgan fingerprint density at radius 3 is 2.83 bits per heavy atom. The Bertz CT molecular complexity index is 411. The quantitative estimate of drug-likeness (QED) is 0.910. The van der Waals surface area contributed by atoms with Gasteiger partial charge in [0, 0.05) is 35.7 Å². The van der Waals surface area contributed by atoms with Gasteiger partial charge in [-0.15, -0.1) is 11.3 Å². The topological polar surface area (TPSA) is 28.2 Å². The van der Waals surface area contributed by atoms with Gasteiger partial charge in [-0.3, -0.25) is 4.90 Å². The first-order valence-electron chi connectivity index (χ1n) is 6.88. The number of thiazole rings is 1. The summed E-state index contributed by atoms with van der Waals surface area (Å²) in [6.45, 7) is 10.3. The van der Waals surface area contributed by atoms with Gasteiger partial charge in [-0.05, 0) is 39.5 Å². The van der Waals surface area contributed by atoms with Gasteiger partial charge in [0.15, 0.2) is 0 Å². The lowest BCUT2D eigenvalue weighted by Gasteiger charge is -2.51. The Kier molecular flexibility index (Phi) is 3.00. The van der Waals surface area contributed by atoms with Gasteiger partial charge in [0.25, 0.3) is 0 Å². The summed E-state index contributed by atoms with van der Waals surface area (Å²) >= 11 is 1.78.